The Morgan fingerprint density at radius 2 is 1.24 bits per heavy atom. The summed E-state index contributed by atoms with van der Waals surface area (Å²) < 4.78 is 2.44. The van der Waals surface area contributed by atoms with E-state index in [0.717, 1.165) is 24.1 Å². The summed E-state index contributed by atoms with van der Waals surface area (Å²) in [6, 6.07) is 75.6. The molecule has 0 saturated carbocycles. The SMILES string of the molecule is Cc1cccc2c3c4ccccc4ccc3n(-c3cccc(C(CN=C(N)c4ccc(C5=CCCC=C5)cc4)c4ccccc4)c3)c12.c1ccc(N2c3ccccc3Sc3ccccc32)cc1. The van der Waals surface area contributed by atoms with Gasteiger partial charge in [-0.05, 0) is 113 Å². The fraction of sp³-hybridized carbons (Fsp3) is 0.0806. The maximum Gasteiger partial charge on any atom is 0.125 e. The van der Waals surface area contributed by atoms with Gasteiger partial charge in [0, 0.05) is 43.4 Å². The van der Waals surface area contributed by atoms with Crippen LogP contribution in [0.1, 0.15) is 46.6 Å². The van der Waals surface area contributed by atoms with Crippen molar-refractivity contribution >= 4 is 72.8 Å². The van der Waals surface area contributed by atoms with E-state index in [1.165, 1.54) is 87.3 Å². The second-order valence-electron chi connectivity index (χ2n) is 17.2. The van der Waals surface area contributed by atoms with Crippen LogP contribution in [0.3, 0.4) is 0 Å². The van der Waals surface area contributed by atoms with E-state index in [-0.39, 0.29) is 5.92 Å². The molecule has 1 aromatic heterocycles. The number of para-hydroxylation sites is 4. The molecule has 1 unspecified atom stereocenters. The monoisotopic (exact) mass is 882 g/mol. The molecule has 324 valence electrons. The highest BCUT2D eigenvalue weighted by atomic mass is 32.2. The average molecular weight is 883 g/mol. The number of aromatic nitrogens is 1. The van der Waals surface area contributed by atoms with Gasteiger partial charge in [-0.15, -0.1) is 0 Å². The number of rotatable bonds is 8. The number of hydrogen-bond acceptors (Lipinski definition) is 3. The first-order valence-electron chi connectivity index (χ1n) is 23.1. The zero-order chi connectivity index (χ0) is 45.1. The number of anilines is 3. The van der Waals surface area contributed by atoms with Gasteiger partial charge in [0.25, 0.3) is 0 Å². The smallest absolute Gasteiger partial charge is 0.125 e. The number of aryl methyl sites for hydroxylation is 1. The zero-order valence-corrected chi connectivity index (χ0v) is 38.3. The highest BCUT2D eigenvalue weighted by Gasteiger charge is 2.24. The summed E-state index contributed by atoms with van der Waals surface area (Å²) >= 11 is 1.84. The van der Waals surface area contributed by atoms with Crippen molar-refractivity contribution in [2.24, 2.45) is 10.7 Å². The van der Waals surface area contributed by atoms with Crippen LogP contribution in [0.25, 0.3) is 43.8 Å². The fourth-order valence-corrected chi connectivity index (χ4v) is 10.8. The van der Waals surface area contributed by atoms with Crippen molar-refractivity contribution in [1.82, 2.24) is 4.57 Å². The van der Waals surface area contributed by atoms with Crippen molar-refractivity contribution in [2.45, 2.75) is 35.5 Å². The maximum absolute atomic E-state index is 6.64. The summed E-state index contributed by atoms with van der Waals surface area (Å²) in [6.45, 7) is 2.76. The first-order chi connectivity index (χ1) is 33.1. The predicted molar refractivity (Wildman–Crippen MR) is 285 cm³/mol. The summed E-state index contributed by atoms with van der Waals surface area (Å²) in [7, 11) is 0. The van der Waals surface area contributed by atoms with Crippen LogP contribution >= 0.6 is 11.8 Å². The van der Waals surface area contributed by atoms with Crippen LogP contribution in [0.4, 0.5) is 17.1 Å². The maximum atomic E-state index is 6.64. The lowest BCUT2D eigenvalue weighted by Gasteiger charge is -2.32. The van der Waals surface area contributed by atoms with Crippen molar-refractivity contribution in [1.29, 1.82) is 0 Å². The first kappa shape index (κ1) is 41.8. The molecule has 67 heavy (non-hydrogen) atoms. The Hall–Kier alpha value is -7.86. The molecule has 2 heterocycles. The lowest BCUT2D eigenvalue weighted by atomic mass is 9.91. The largest absolute Gasteiger partial charge is 0.384 e. The average Bonchev–Trinajstić information content (AvgIpc) is 3.75. The highest BCUT2D eigenvalue weighted by molar-refractivity contribution is 7.99. The minimum Gasteiger partial charge on any atom is -0.384 e. The summed E-state index contributed by atoms with van der Waals surface area (Å²) in [4.78, 5) is 9.93. The number of aliphatic imine (C=N–C) groups is 1. The molecular formula is C62H50N4S. The third kappa shape index (κ3) is 8.24. The van der Waals surface area contributed by atoms with Gasteiger partial charge in [0.15, 0.2) is 0 Å². The summed E-state index contributed by atoms with van der Waals surface area (Å²) in [6.07, 6.45) is 8.95. The van der Waals surface area contributed by atoms with Gasteiger partial charge in [0.1, 0.15) is 5.84 Å². The summed E-state index contributed by atoms with van der Waals surface area (Å²) in [5, 5.41) is 5.11. The van der Waals surface area contributed by atoms with Crippen LogP contribution in [-0.4, -0.2) is 16.9 Å². The third-order valence-electron chi connectivity index (χ3n) is 13.0. The van der Waals surface area contributed by atoms with Crippen molar-refractivity contribution in [3.63, 3.8) is 0 Å². The Labute approximate surface area is 397 Å². The summed E-state index contributed by atoms with van der Waals surface area (Å²) in [5.41, 5.74) is 21.1. The standard InChI is InChI=1S/C44H37N3.C18H13NS/c1-30-12-10-21-39-42-38-20-9-8-17-34(38)26-27-41(42)47(43(30)39)37-19-11-18-36(28-37)40(33-15-6-3-7-16-33)29-46-44(45)35-24-22-32(23-25-35)31-13-4-2-5-14-31;1-2-8-14(9-3-1)19-15-10-4-6-12-17(15)20-18-13-7-5-11-16(18)19/h3-4,6-28,40H,2,5,29H2,1H3,(H2,45,46);1-13H. The Bertz CT molecular complexity index is 3450. The van der Waals surface area contributed by atoms with Crippen LogP contribution in [-0.2, 0) is 0 Å². The number of benzene rings is 9. The van der Waals surface area contributed by atoms with Gasteiger partial charge < -0.3 is 15.2 Å². The van der Waals surface area contributed by atoms with Crippen molar-refractivity contribution in [3.8, 4) is 5.69 Å². The molecule has 1 aliphatic carbocycles. The molecule has 0 bridgehead atoms. The van der Waals surface area contributed by atoms with Gasteiger partial charge in [-0.1, -0.05) is 188 Å². The van der Waals surface area contributed by atoms with E-state index >= 15 is 0 Å². The molecule has 4 nitrogen and oxygen atoms in total. The van der Waals surface area contributed by atoms with E-state index in [1.54, 1.807) is 0 Å². The van der Waals surface area contributed by atoms with Crippen molar-refractivity contribution in [3.05, 3.63) is 258 Å². The van der Waals surface area contributed by atoms with E-state index in [0.29, 0.717) is 12.4 Å². The van der Waals surface area contributed by atoms with Crippen LogP contribution in [0, 0.1) is 6.92 Å². The van der Waals surface area contributed by atoms with Crippen LogP contribution < -0.4 is 10.6 Å². The van der Waals surface area contributed by atoms with Crippen LogP contribution in [0.15, 0.2) is 245 Å². The zero-order valence-electron chi connectivity index (χ0n) is 37.5. The van der Waals surface area contributed by atoms with E-state index in [2.05, 4.69) is 247 Å². The molecule has 0 fully saturated rings. The third-order valence-corrected chi connectivity index (χ3v) is 14.1. The number of amidine groups is 1. The van der Waals surface area contributed by atoms with E-state index < -0.39 is 0 Å². The number of hydrogen-bond donors (Lipinski definition) is 1. The predicted octanol–water partition coefficient (Wildman–Crippen LogP) is 16.1. The molecule has 2 N–H and O–H groups in total. The van der Waals surface area contributed by atoms with Gasteiger partial charge in [-0.2, -0.15) is 0 Å². The highest BCUT2D eigenvalue weighted by Crippen LogP contribution is 2.51. The molecule has 12 rings (SSSR count). The molecule has 1 atom stereocenters. The van der Waals surface area contributed by atoms with E-state index in [1.807, 2.05) is 11.8 Å². The number of allylic oxidation sites excluding steroid dienone is 4. The Morgan fingerprint density at radius 3 is 1.99 bits per heavy atom. The fourth-order valence-electron chi connectivity index (χ4n) is 9.75. The van der Waals surface area contributed by atoms with Gasteiger partial charge in [-0.25, -0.2) is 0 Å². The van der Waals surface area contributed by atoms with E-state index in [9.17, 15) is 0 Å². The molecule has 10 aromatic rings. The van der Waals surface area contributed by atoms with Gasteiger partial charge >= 0.3 is 0 Å². The lowest BCUT2D eigenvalue weighted by Crippen LogP contribution is -2.16. The number of fused-ring (bicyclic) bond motifs is 7. The molecular weight excluding hydrogens is 833 g/mol. The molecule has 5 heteroatoms. The minimum atomic E-state index is 0.0431. The van der Waals surface area contributed by atoms with E-state index in [4.69, 9.17) is 10.7 Å². The lowest BCUT2D eigenvalue weighted by molar-refractivity contribution is 0.818. The normalized spacial score (nSPS) is 13.7. The second-order valence-corrected chi connectivity index (χ2v) is 18.3. The number of nitrogens with two attached hydrogens (primary N) is 1. The quantitative estimate of drug-likeness (QED) is 0.122. The van der Waals surface area contributed by atoms with Crippen molar-refractivity contribution < 1.29 is 0 Å². The first-order valence-corrected chi connectivity index (χ1v) is 24.0. The number of nitrogens with zero attached hydrogens (tertiary/aromatic N) is 3. The second kappa shape index (κ2) is 18.6. The Morgan fingerprint density at radius 1 is 0.597 bits per heavy atom. The molecule has 0 spiro atoms. The molecule has 0 radical (unpaired) electrons. The molecule has 2 aliphatic rings. The molecule has 0 amide bonds. The van der Waals surface area contributed by atoms with Gasteiger partial charge in [0.05, 0.1) is 29.0 Å². The Balaban J connectivity index is 0.000000205. The summed E-state index contributed by atoms with van der Waals surface area (Å²) in [5.74, 6) is 0.605. The molecule has 9 aromatic carbocycles. The topological polar surface area (TPSA) is 46.6 Å². The molecule has 1 aliphatic heterocycles. The van der Waals surface area contributed by atoms with Crippen LogP contribution in [0.5, 0.6) is 0 Å². The van der Waals surface area contributed by atoms with Crippen LogP contribution in [0.2, 0.25) is 0 Å². The van der Waals surface area contributed by atoms with Crippen molar-refractivity contribution in [2.75, 3.05) is 11.4 Å². The molecule has 0 saturated heterocycles. The Kier molecular flexibility index (Phi) is 11.6. The minimum absolute atomic E-state index is 0.0431. The van der Waals surface area contributed by atoms with Gasteiger partial charge in [-0.3, -0.25) is 4.99 Å². The van der Waals surface area contributed by atoms with Gasteiger partial charge in [0.2, 0.25) is 0 Å².